The fourth-order valence-electron chi connectivity index (χ4n) is 1.53. The van der Waals surface area contributed by atoms with Crippen molar-refractivity contribution in [3.8, 4) is 0 Å². The van der Waals surface area contributed by atoms with Gasteiger partial charge in [-0.2, -0.15) is 0 Å². The maximum absolute atomic E-state index is 11.8. The molecule has 8 heteroatoms. The highest BCUT2D eigenvalue weighted by Crippen LogP contribution is 2.22. The van der Waals surface area contributed by atoms with E-state index in [1.54, 1.807) is 12.3 Å². The van der Waals surface area contributed by atoms with Crippen molar-refractivity contribution < 1.29 is 9.72 Å². The Bertz CT molecular complexity index is 653. The Morgan fingerprint density at radius 3 is 2.79 bits per heavy atom. The van der Waals surface area contributed by atoms with E-state index in [1.807, 2.05) is 0 Å². The number of thiazole rings is 1. The molecule has 0 aliphatic carbocycles. The quantitative estimate of drug-likeness (QED) is 0.660. The summed E-state index contributed by atoms with van der Waals surface area (Å²) in [6.07, 6.45) is 0. The fraction of sp³-hybridized carbons (Fsp3) is 0.0909. The van der Waals surface area contributed by atoms with Crippen LogP contribution < -0.4 is 11.1 Å². The summed E-state index contributed by atoms with van der Waals surface area (Å²) in [5.41, 5.74) is 6.62. The molecule has 98 valence electrons. The van der Waals surface area contributed by atoms with Gasteiger partial charge in [-0.3, -0.25) is 14.9 Å². The number of carbonyl (C=O) groups is 1. The number of aromatic nitrogens is 1. The van der Waals surface area contributed by atoms with Crippen LogP contribution in [0.1, 0.15) is 16.1 Å². The van der Waals surface area contributed by atoms with Crippen LogP contribution in [0.25, 0.3) is 0 Å². The van der Waals surface area contributed by atoms with Gasteiger partial charge in [-0.05, 0) is 19.1 Å². The largest absolute Gasteiger partial charge is 0.375 e. The highest BCUT2D eigenvalue weighted by molar-refractivity contribution is 7.13. The number of nitro benzene ring substituents is 1. The van der Waals surface area contributed by atoms with Crippen LogP contribution in [0.2, 0.25) is 0 Å². The third kappa shape index (κ3) is 2.86. The van der Waals surface area contributed by atoms with E-state index in [9.17, 15) is 14.9 Å². The van der Waals surface area contributed by atoms with E-state index in [4.69, 9.17) is 5.73 Å². The van der Waals surface area contributed by atoms with Crippen LogP contribution in [-0.4, -0.2) is 15.8 Å². The second-order valence-electron chi connectivity index (χ2n) is 3.78. The van der Waals surface area contributed by atoms with Crippen LogP contribution in [-0.2, 0) is 0 Å². The predicted octanol–water partition coefficient (Wildman–Crippen LogP) is 2.19. The van der Waals surface area contributed by atoms with Crippen LogP contribution >= 0.6 is 11.3 Å². The number of aryl methyl sites for hydroxylation is 1. The molecule has 0 spiro atoms. The molecule has 0 unspecified atom stereocenters. The van der Waals surface area contributed by atoms with Crippen molar-refractivity contribution in [3.05, 3.63) is 45.0 Å². The molecule has 1 amide bonds. The predicted molar refractivity (Wildman–Crippen MR) is 72.3 cm³/mol. The van der Waals surface area contributed by atoms with Crippen molar-refractivity contribution in [2.75, 3.05) is 11.1 Å². The van der Waals surface area contributed by atoms with Crippen molar-refractivity contribution in [3.63, 3.8) is 0 Å². The van der Waals surface area contributed by atoms with E-state index in [1.165, 1.54) is 29.5 Å². The summed E-state index contributed by atoms with van der Waals surface area (Å²) in [7, 11) is 0. The van der Waals surface area contributed by atoms with E-state index in [0.717, 1.165) is 0 Å². The lowest BCUT2D eigenvalue weighted by Crippen LogP contribution is -2.12. The van der Waals surface area contributed by atoms with Gasteiger partial charge in [-0.15, -0.1) is 11.3 Å². The number of nitro groups is 1. The van der Waals surface area contributed by atoms with Gasteiger partial charge in [0.05, 0.1) is 4.92 Å². The summed E-state index contributed by atoms with van der Waals surface area (Å²) in [5.74, 6) is -0.402. The number of benzene rings is 1. The summed E-state index contributed by atoms with van der Waals surface area (Å²) >= 11 is 1.17. The van der Waals surface area contributed by atoms with Gasteiger partial charge in [-0.1, -0.05) is 0 Å². The smallest absolute Gasteiger partial charge is 0.275 e. The molecule has 2 rings (SSSR count). The van der Waals surface area contributed by atoms with Gasteiger partial charge in [0, 0.05) is 22.7 Å². The second-order valence-corrected chi connectivity index (χ2v) is 4.67. The molecule has 2 aromatic rings. The van der Waals surface area contributed by atoms with Crippen LogP contribution in [0.5, 0.6) is 0 Å². The summed E-state index contributed by atoms with van der Waals surface area (Å²) in [6, 6.07) is 4.35. The third-order valence-electron chi connectivity index (χ3n) is 2.41. The number of nitrogens with one attached hydrogen (secondary N) is 1. The molecule has 0 saturated heterocycles. The fourth-order valence-corrected chi connectivity index (χ4v) is 2.07. The van der Waals surface area contributed by atoms with E-state index in [0.29, 0.717) is 16.4 Å². The molecule has 0 atom stereocenters. The Kier molecular flexibility index (Phi) is 3.43. The Morgan fingerprint density at radius 1 is 1.53 bits per heavy atom. The van der Waals surface area contributed by atoms with Crippen LogP contribution in [0.4, 0.5) is 16.5 Å². The van der Waals surface area contributed by atoms with Gasteiger partial charge in [0.1, 0.15) is 5.69 Å². The third-order valence-corrected chi connectivity index (χ3v) is 3.08. The van der Waals surface area contributed by atoms with Crippen LogP contribution in [0.15, 0.2) is 23.6 Å². The highest BCUT2D eigenvalue weighted by Gasteiger charge is 2.13. The molecule has 1 aromatic carbocycles. The number of hydrogen-bond donors (Lipinski definition) is 2. The van der Waals surface area contributed by atoms with Crippen molar-refractivity contribution in [2.45, 2.75) is 6.92 Å². The lowest BCUT2D eigenvalue weighted by molar-refractivity contribution is -0.385. The first-order valence-corrected chi connectivity index (χ1v) is 6.12. The maximum atomic E-state index is 11.8. The van der Waals surface area contributed by atoms with Crippen molar-refractivity contribution >= 4 is 33.8 Å². The highest BCUT2D eigenvalue weighted by atomic mass is 32.1. The van der Waals surface area contributed by atoms with Gasteiger partial charge in [0.15, 0.2) is 5.13 Å². The molecule has 3 N–H and O–H groups in total. The Balaban J connectivity index is 2.18. The number of nitrogens with two attached hydrogens (primary N) is 1. The molecule has 0 aliphatic heterocycles. The van der Waals surface area contributed by atoms with Gasteiger partial charge in [0.25, 0.3) is 11.6 Å². The second kappa shape index (κ2) is 5.02. The molecule has 0 aliphatic rings. The lowest BCUT2D eigenvalue weighted by Gasteiger charge is -2.04. The van der Waals surface area contributed by atoms with Gasteiger partial charge < -0.3 is 11.1 Å². The number of carbonyl (C=O) groups excluding carboxylic acids is 1. The molecule has 19 heavy (non-hydrogen) atoms. The average Bonchev–Trinajstić information content (AvgIpc) is 2.75. The number of nitrogen functional groups attached to an aromatic ring is 1. The van der Waals surface area contributed by atoms with E-state index in [-0.39, 0.29) is 11.4 Å². The zero-order chi connectivity index (χ0) is 14.0. The summed E-state index contributed by atoms with van der Waals surface area (Å²) < 4.78 is 0. The first-order chi connectivity index (χ1) is 8.97. The van der Waals surface area contributed by atoms with Crippen molar-refractivity contribution in [1.82, 2.24) is 4.98 Å². The number of nitrogens with zero attached hydrogens (tertiary/aromatic N) is 2. The van der Waals surface area contributed by atoms with Crippen molar-refractivity contribution in [2.24, 2.45) is 0 Å². The summed E-state index contributed by atoms with van der Waals surface area (Å²) in [4.78, 5) is 25.9. The standard InChI is InChI=1S/C11H10N4O3S/c1-6-4-7(2-3-9(6)15(17)18)13-10(16)8-5-19-11(12)14-8/h2-5H,1H3,(H2,12,14)(H,13,16). The van der Waals surface area contributed by atoms with Crippen LogP contribution in [0, 0.1) is 17.0 Å². The van der Waals surface area contributed by atoms with Crippen LogP contribution in [0.3, 0.4) is 0 Å². The first-order valence-electron chi connectivity index (χ1n) is 5.25. The average molecular weight is 278 g/mol. The monoisotopic (exact) mass is 278 g/mol. The van der Waals surface area contributed by atoms with Gasteiger partial charge >= 0.3 is 0 Å². The Morgan fingerprint density at radius 2 is 2.26 bits per heavy atom. The zero-order valence-electron chi connectivity index (χ0n) is 9.91. The molecule has 0 fully saturated rings. The van der Waals surface area contributed by atoms with E-state index >= 15 is 0 Å². The number of amides is 1. The SMILES string of the molecule is Cc1cc(NC(=O)c2csc(N)n2)ccc1[N+](=O)[O-]. The zero-order valence-corrected chi connectivity index (χ0v) is 10.7. The molecule has 1 heterocycles. The normalized spacial score (nSPS) is 10.2. The Hall–Kier alpha value is -2.48. The maximum Gasteiger partial charge on any atom is 0.275 e. The molecule has 7 nitrogen and oxygen atoms in total. The van der Waals surface area contributed by atoms with Gasteiger partial charge in [0.2, 0.25) is 0 Å². The molecule has 0 radical (unpaired) electrons. The molecular formula is C11H10N4O3S. The minimum atomic E-state index is -0.470. The van der Waals surface area contributed by atoms with Gasteiger partial charge in [-0.25, -0.2) is 4.98 Å². The number of rotatable bonds is 3. The lowest BCUT2D eigenvalue weighted by atomic mass is 10.2. The van der Waals surface area contributed by atoms with Crippen molar-refractivity contribution in [1.29, 1.82) is 0 Å². The summed E-state index contributed by atoms with van der Waals surface area (Å²) in [6.45, 7) is 1.61. The topological polar surface area (TPSA) is 111 Å². The molecule has 0 saturated carbocycles. The summed E-state index contributed by atoms with van der Waals surface area (Å²) in [5, 5.41) is 15.1. The molecular weight excluding hydrogens is 268 g/mol. The number of hydrogen-bond acceptors (Lipinski definition) is 6. The Labute approximate surface area is 112 Å². The van der Waals surface area contributed by atoms with E-state index in [2.05, 4.69) is 10.3 Å². The molecule has 1 aromatic heterocycles. The minimum absolute atomic E-state index is 0.0101. The first kappa shape index (κ1) is 13.0. The molecule has 0 bridgehead atoms. The van der Waals surface area contributed by atoms with E-state index < -0.39 is 10.8 Å². The number of anilines is 2. The minimum Gasteiger partial charge on any atom is -0.375 e.